The average molecular weight is 216 g/mol. The highest BCUT2D eigenvalue weighted by Gasteiger charge is 2.14. The van der Waals surface area contributed by atoms with Crippen molar-refractivity contribution in [2.45, 2.75) is 25.7 Å². The van der Waals surface area contributed by atoms with Crippen LogP contribution in [0.2, 0.25) is 0 Å². The first-order valence-electron chi connectivity index (χ1n) is 4.09. The van der Waals surface area contributed by atoms with Gasteiger partial charge in [0.2, 0.25) is 0 Å². The van der Waals surface area contributed by atoms with Crippen LogP contribution in [0.1, 0.15) is 30.1 Å². The van der Waals surface area contributed by atoms with Gasteiger partial charge in [-0.25, -0.2) is 4.98 Å². The van der Waals surface area contributed by atoms with Gasteiger partial charge in [0.25, 0.3) is 0 Å². The van der Waals surface area contributed by atoms with Gasteiger partial charge in [0.05, 0.1) is 6.07 Å². The quantitative estimate of drug-likeness (QED) is 0.725. The Morgan fingerprint density at radius 3 is 3.00 bits per heavy atom. The van der Waals surface area contributed by atoms with Crippen LogP contribution in [0.15, 0.2) is 0 Å². The van der Waals surface area contributed by atoms with Gasteiger partial charge < -0.3 is 0 Å². The topological polar surface area (TPSA) is 49.6 Å². The summed E-state index contributed by atoms with van der Waals surface area (Å²) in [6.07, 6.45) is 1.89. The zero-order chi connectivity index (χ0) is 9.68. The summed E-state index contributed by atoms with van der Waals surface area (Å²) >= 11 is 6.88. The molecule has 0 bridgehead atoms. The van der Waals surface area contributed by atoms with E-state index < -0.39 is 0 Å². The molecule has 5 heteroatoms. The minimum Gasteiger partial charge on any atom is -0.223 e. The second-order valence-electron chi connectivity index (χ2n) is 2.63. The lowest BCUT2D eigenvalue weighted by Gasteiger charge is -1.95. The van der Waals surface area contributed by atoms with Gasteiger partial charge >= 0.3 is 0 Å². The Balaban J connectivity index is 2.73. The maximum atomic E-state index is 8.72. The minimum atomic E-state index is -0.301. The fraction of sp³-hybridized carbons (Fsp3) is 0.625. The fourth-order valence-corrected chi connectivity index (χ4v) is 1.94. The van der Waals surface area contributed by atoms with Crippen molar-refractivity contribution >= 4 is 23.1 Å². The average Bonchev–Trinajstić information content (AvgIpc) is 2.56. The second-order valence-corrected chi connectivity index (χ2v) is 3.73. The van der Waals surface area contributed by atoms with Crippen LogP contribution in [0.25, 0.3) is 0 Å². The Labute approximate surface area is 86.5 Å². The highest BCUT2D eigenvalue weighted by molar-refractivity contribution is 7.05. The van der Waals surface area contributed by atoms with Gasteiger partial charge in [-0.15, -0.1) is 11.6 Å². The van der Waals surface area contributed by atoms with Crippen molar-refractivity contribution in [2.24, 2.45) is 0 Å². The maximum Gasteiger partial charge on any atom is 0.142 e. The monoisotopic (exact) mass is 215 g/mol. The van der Waals surface area contributed by atoms with Gasteiger partial charge in [0, 0.05) is 12.3 Å². The molecule has 0 saturated heterocycles. The molecule has 0 radical (unpaired) electrons. The third kappa shape index (κ3) is 2.64. The van der Waals surface area contributed by atoms with Gasteiger partial charge in [0.15, 0.2) is 0 Å². The largest absolute Gasteiger partial charge is 0.223 e. The van der Waals surface area contributed by atoms with Crippen molar-refractivity contribution in [1.29, 1.82) is 5.26 Å². The molecule has 1 atom stereocenters. The van der Waals surface area contributed by atoms with Gasteiger partial charge in [-0.05, 0) is 18.0 Å². The smallest absolute Gasteiger partial charge is 0.142 e. The van der Waals surface area contributed by atoms with E-state index in [1.165, 1.54) is 11.5 Å². The highest BCUT2D eigenvalue weighted by Crippen LogP contribution is 2.18. The number of halogens is 1. The van der Waals surface area contributed by atoms with Crippen molar-refractivity contribution < 1.29 is 0 Å². The summed E-state index contributed by atoms with van der Waals surface area (Å²) < 4.78 is 4.14. The summed E-state index contributed by atoms with van der Waals surface area (Å²) in [6.45, 7) is 2.07. The Bertz CT molecular complexity index is 305. The van der Waals surface area contributed by atoms with Crippen LogP contribution in [0.3, 0.4) is 0 Å². The second kappa shape index (κ2) is 5.15. The van der Waals surface area contributed by atoms with E-state index in [-0.39, 0.29) is 11.8 Å². The molecule has 1 aromatic rings. The lowest BCUT2D eigenvalue weighted by atomic mass is 10.2. The first kappa shape index (κ1) is 10.4. The lowest BCUT2D eigenvalue weighted by Crippen LogP contribution is -1.96. The van der Waals surface area contributed by atoms with E-state index in [1.54, 1.807) is 0 Å². The van der Waals surface area contributed by atoms with Crippen LogP contribution in [-0.2, 0) is 6.42 Å². The minimum absolute atomic E-state index is 0.289. The zero-order valence-corrected chi connectivity index (χ0v) is 8.90. The number of aromatic nitrogens is 2. The Hall–Kier alpha value is -0.660. The summed E-state index contributed by atoms with van der Waals surface area (Å²) in [5.74, 6) is 0.815. The molecule has 0 amide bonds. The molecule has 0 aliphatic heterocycles. The van der Waals surface area contributed by atoms with E-state index in [2.05, 4.69) is 22.4 Å². The molecule has 1 aromatic heterocycles. The van der Waals surface area contributed by atoms with E-state index in [1.807, 2.05) is 0 Å². The molecule has 0 aliphatic rings. The molecule has 0 saturated carbocycles. The van der Waals surface area contributed by atoms with E-state index in [0.717, 1.165) is 23.7 Å². The molecule has 0 aliphatic carbocycles. The highest BCUT2D eigenvalue weighted by atomic mass is 35.5. The van der Waals surface area contributed by atoms with Gasteiger partial charge in [-0.1, -0.05) is 6.92 Å². The van der Waals surface area contributed by atoms with Crippen LogP contribution < -0.4 is 0 Å². The van der Waals surface area contributed by atoms with E-state index in [4.69, 9.17) is 16.9 Å². The predicted molar refractivity (Wildman–Crippen MR) is 53.0 cm³/mol. The third-order valence-electron chi connectivity index (χ3n) is 1.57. The molecular weight excluding hydrogens is 206 g/mol. The number of hydrogen-bond donors (Lipinski definition) is 0. The molecular formula is C8H10ClN3S. The molecule has 13 heavy (non-hydrogen) atoms. The first-order valence-corrected chi connectivity index (χ1v) is 5.40. The van der Waals surface area contributed by atoms with Gasteiger partial charge in [0.1, 0.15) is 16.7 Å². The van der Waals surface area contributed by atoms with Crippen LogP contribution in [0.4, 0.5) is 0 Å². The Morgan fingerprint density at radius 1 is 1.69 bits per heavy atom. The fourth-order valence-electron chi connectivity index (χ4n) is 0.890. The van der Waals surface area contributed by atoms with Crippen LogP contribution in [0.5, 0.6) is 0 Å². The molecule has 70 valence electrons. The standard InChI is InChI=1S/C8H10ClN3S/c1-2-3-7-11-8(13-12-7)6(4-9)5-10/h6H,2-4H2,1H3. The molecule has 3 nitrogen and oxygen atoms in total. The van der Waals surface area contributed by atoms with Crippen molar-refractivity contribution in [3.05, 3.63) is 10.8 Å². The van der Waals surface area contributed by atoms with E-state index in [9.17, 15) is 0 Å². The van der Waals surface area contributed by atoms with E-state index >= 15 is 0 Å². The molecule has 0 N–H and O–H groups in total. The third-order valence-corrected chi connectivity index (χ3v) is 2.74. The number of alkyl halides is 1. The summed E-state index contributed by atoms with van der Waals surface area (Å²) in [5, 5.41) is 9.46. The zero-order valence-electron chi connectivity index (χ0n) is 7.33. The Morgan fingerprint density at radius 2 is 2.46 bits per heavy atom. The molecule has 0 aromatic carbocycles. The summed E-state index contributed by atoms with van der Waals surface area (Å²) in [6, 6.07) is 2.10. The SMILES string of the molecule is CCCc1nsc(C(C#N)CCl)n1. The van der Waals surface area contributed by atoms with Crippen molar-refractivity contribution in [1.82, 2.24) is 9.36 Å². The van der Waals surface area contributed by atoms with Crippen LogP contribution in [0, 0.1) is 11.3 Å². The Kier molecular flexibility index (Phi) is 4.13. The molecule has 1 rings (SSSR count). The van der Waals surface area contributed by atoms with Gasteiger partial charge in [-0.2, -0.15) is 9.64 Å². The van der Waals surface area contributed by atoms with E-state index in [0.29, 0.717) is 0 Å². The number of aryl methyl sites for hydroxylation is 1. The first-order chi connectivity index (χ1) is 6.31. The summed E-state index contributed by atoms with van der Waals surface area (Å²) in [4.78, 5) is 4.24. The number of nitrogens with zero attached hydrogens (tertiary/aromatic N) is 3. The maximum absolute atomic E-state index is 8.72. The van der Waals surface area contributed by atoms with Crippen molar-refractivity contribution in [3.63, 3.8) is 0 Å². The van der Waals surface area contributed by atoms with Crippen molar-refractivity contribution in [2.75, 3.05) is 5.88 Å². The van der Waals surface area contributed by atoms with Crippen molar-refractivity contribution in [3.8, 4) is 6.07 Å². The number of hydrogen-bond acceptors (Lipinski definition) is 4. The summed E-state index contributed by atoms with van der Waals surface area (Å²) in [7, 11) is 0. The number of nitriles is 1. The molecule has 1 heterocycles. The molecule has 1 unspecified atom stereocenters. The normalized spacial score (nSPS) is 12.4. The van der Waals surface area contributed by atoms with Gasteiger partial charge in [-0.3, -0.25) is 0 Å². The lowest BCUT2D eigenvalue weighted by molar-refractivity contribution is 0.842. The summed E-state index contributed by atoms with van der Waals surface area (Å²) in [5.41, 5.74) is 0. The number of rotatable bonds is 4. The van der Waals surface area contributed by atoms with Crippen LogP contribution in [-0.4, -0.2) is 15.2 Å². The molecule has 0 fully saturated rings. The predicted octanol–water partition coefficient (Wildman–Crippen LogP) is 2.34. The van der Waals surface area contributed by atoms with Crippen LogP contribution >= 0.6 is 23.1 Å². The molecule has 0 spiro atoms.